The van der Waals surface area contributed by atoms with Crippen LogP contribution >= 0.6 is 0 Å². The number of aliphatic hydroxyl groups is 1. The van der Waals surface area contributed by atoms with Gasteiger partial charge in [-0.05, 0) is 48.2 Å². The molecule has 5 heteroatoms. The Hall–Kier alpha value is -3.23. The van der Waals surface area contributed by atoms with Crippen molar-refractivity contribution in [3.05, 3.63) is 65.0 Å². The summed E-state index contributed by atoms with van der Waals surface area (Å²) in [6.07, 6.45) is 0.990. The molecule has 2 aromatic carbocycles. The molecule has 0 bridgehead atoms. The molecular formula is C20H17N3O2. The monoisotopic (exact) mass is 331 g/mol. The number of methoxy groups -OCH3 is 1. The van der Waals surface area contributed by atoms with E-state index in [1.54, 1.807) is 19.2 Å². The maximum atomic E-state index is 11.0. The number of nitrogens with one attached hydrogen (secondary N) is 2. The zero-order valence-corrected chi connectivity index (χ0v) is 13.9. The highest BCUT2D eigenvalue weighted by atomic mass is 16.5. The second kappa shape index (κ2) is 5.69. The Bertz CT molecular complexity index is 1130. The third kappa shape index (κ3) is 2.35. The van der Waals surface area contributed by atoms with Gasteiger partial charge in [-0.25, -0.2) is 0 Å². The first-order valence-electron chi connectivity index (χ1n) is 7.97. The molecule has 124 valence electrons. The molecule has 0 spiro atoms. The van der Waals surface area contributed by atoms with Crippen molar-refractivity contribution in [1.29, 1.82) is 5.26 Å². The zero-order valence-electron chi connectivity index (χ0n) is 13.9. The molecule has 0 fully saturated rings. The minimum atomic E-state index is -0.869. The van der Waals surface area contributed by atoms with Crippen LogP contribution < -0.4 is 4.74 Å². The van der Waals surface area contributed by atoms with Gasteiger partial charge in [0.15, 0.2) is 0 Å². The molecule has 25 heavy (non-hydrogen) atoms. The van der Waals surface area contributed by atoms with Gasteiger partial charge >= 0.3 is 0 Å². The van der Waals surface area contributed by atoms with Gasteiger partial charge in [-0.2, -0.15) is 5.26 Å². The van der Waals surface area contributed by atoms with E-state index in [1.165, 1.54) is 0 Å². The van der Waals surface area contributed by atoms with Gasteiger partial charge in [0.05, 0.1) is 18.7 Å². The number of hydrogen-bond donors (Lipinski definition) is 3. The summed E-state index contributed by atoms with van der Waals surface area (Å²) in [4.78, 5) is 6.44. The Balaban J connectivity index is 1.90. The van der Waals surface area contributed by atoms with Gasteiger partial charge in [0.2, 0.25) is 0 Å². The standard InChI is InChI=1S/C20H17N3O2/c1-11-7-17(25-2)18(14-5-6-22-19(11)14)20(24)16-9-13-4-3-12(10-21)8-15(13)23-16/h3-9,20,22-24H,1-2H3. The highest BCUT2D eigenvalue weighted by molar-refractivity contribution is 5.89. The van der Waals surface area contributed by atoms with Crippen LogP contribution in [-0.4, -0.2) is 22.2 Å². The molecule has 0 amide bonds. The van der Waals surface area contributed by atoms with E-state index in [0.717, 1.165) is 32.9 Å². The van der Waals surface area contributed by atoms with Gasteiger partial charge in [0, 0.05) is 33.9 Å². The largest absolute Gasteiger partial charge is 0.496 e. The minimum Gasteiger partial charge on any atom is -0.496 e. The van der Waals surface area contributed by atoms with Gasteiger partial charge in [-0.15, -0.1) is 0 Å². The number of aliphatic hydroxyl groups excluding tert-OH is 1. The Morgan fingerprint density at radius 2 is 2.04 bits per heavy atom. The lowest BCUT2D eigenvalue weighted by molar-refractivity contribution is 0.212. The van der Waals surface area contributed by atoms with E-state index in [0.29, 0.717) is 17.0 Å². The lowest BCUT2D eigenvalue weighted by Crippen LogP contribution is -2.04. The molecular weight excluding hydrogens is 314 g/mol. The van der Waals surface area contributed by atoms with Gasteiger partial charge in [-0.3, -0.25) is 0 Å². The van der Waals surface area contributed by atoms with Crippen molar-refractivity contribution in [3.8, 4) is 11.8 Å². The third-order valence-electron chi connectivity index (χ3n) is 4.60. The average Bonchev–Trinajstić information content (AvgIpc) is 3.27. The van der Waals surface area contributed by atoms with E-state index >= 15 is 0 Å². The number of aromatic amines is 2. The molecule has 0 aliphatic rings. The van der Waals surface area contributed by atoms with Gasteiger partial charge in [0.25, 0.3) is 0 Å². The average molecular weight is 331 g/mol. The fraction of sp³-hybridized carbons (Fsp3) is 0.150. The fourth-order valence-corrected chi connectivity index (χ4v) is 3.37. The molecule has 0 saturated heterocycles. The number of nitrogens with zero attached hydrogens (tertiary/aromatic N) is 1. The summed E-state index contributed by atoms with van der Waals surface area (Å²) in [6.45, 7) is 2.00. The Kier molecular flexibility index (Phi) is 3.48. The van der Waals surface area contributed by atoms with Crippen molar-refractivity contribution in [2.24, 2.45) is 0 Å². The molecule has 1 atom stereocenters. The number of rotatable bonds is 3. The van der Waals surface area contributed by atoms with Crippen molar-refractivity contribution in [3.63, 3.8) is 0 Å². The van der Waals surface area contributed by atoms with E-state index in [2.05, 4.69) is 16.0 Å². The number of aromatic nitrogens is 2. The maximum Gasteiger partial charge on any atom is 0.126 e. The van der Waals surface area contributed by atoms with E-state index < -0.39 is 6.10 Å². The summed E-state index contributed by atoms with van der Waals surface area (Å²) in [6, 6.07) is 13.3. The molecule has 5 nitrogen and oxygen atoms in total. The highest BCUT2D eigenvalue weighted by Gasteiger charge is 2.22. The molecule has 4 rings (SSSR count). The van der Waals surface area contributed by atoms with Crippen molar-refractivity contribution in [2.75, 3.05) is 7.11 Å². The summed E-state index contributed by atoms with van der Waals surface area (Å²) in [5, 5.41) is 22.0. The predicted octanol–water partition coefficient (Wildman–Crippen LogP) is 3.92. The van der Waals surface area contributed by atoms with E-state index in [1.807, 2.05) is 37.4 Å². The van der Waals surface area contributed by atoms with Crippen LogP contribution in [0.1, 0.15) is 28.5 Å². The number of nitriles is 1. The molecule has 1 unspecified atom stereocenters. The summed E-state index contributed by atoms with van der Waals surface area (Å²) in [5.41, 5.74) is 4.83. The Labute approximate surface area is 144 Å². The fourth-order valence-electron chi connectivity index (χ4n) is 3.37. The molecule has 3 N–H and O–H groups in total. The topological polar surface area (TPSA) is 84.8 Å². The molecule has 4 aromatic rings. The van der Waals surface area contributed by atoms with E-state index in [-0.39, 0.29) is 0 Å². The van der Waals surface area contributed by atoms with E-state index in [4.69, 9.17) is 10.00 Å². The van der Waals surface area contributed by atoms with E-state index in [9.17, 15) is 5.11 Å². The van der Waals surface area contributed by atoms with Crippen molar-refractivity contribution < 1.29 is 9.84 Å². The second-order valence-electron chi connectivity index (χ2n) is 6.12. The van der Waals surface area contributed by atoms with Crippen LogP contribution in [0.5, 0.6) is 5.75 Å². The minimum absolute atomic E-state index is 0.580. The van der Waals surface area contributed by atoms with Crippen molar-refractivity contribution in [1.82, 2.24) is 9.97 Å². The summed E-state index contributed by atoms with van der Waals surface area (Å²) in [5.74, 6) is 0.647. The number of H-pyrrole nitrogens is 2. The van der Waals surface area contributed by atoms with Crippen LogP contribution in [0.25, 0.3) is 21.8 Å². The zero-order chi connectivity index (χ0) is 17.6. The van der Waals surface area contributed by atoms with Crippen LogP contribution in [-0.2, 0) is 0 Å². The first-order chi connectivity index (χ1) is 12.1. The van der Waals surface area contributed by atoms with Gasteiger partial charge in [0.1, 0.15) is 11.9 Å². The molecule has 0 aliphatic carbocycles. The first-order valence-corrected chi connectivity index (χ1v) is 7.97. The van der Waals surface area contributed by atoms with Crippen LogP contribution in [0.4, 0.5) is 0 Å². The van der Waals surface area contributed by atoms with Gasteiger partial charge < -0.3 is 19.8 Å². The number of benzene rings is 2. The summed E-state index contributed by atoms with van der Waals surface area (Å²) < 4.78 is 5.53. The van der Waals surface area contributed by atoms with Gasteiger partial charge in [-0.1, -0.05) is 6.07 Å². The first kappa shape index (κ1) is 15.3. The third-order valence-corrected chi connectivity index (χ3v) is 4.60. The van der Waals surface area contributed by atoms with Crippen LogP contribution in [0, 0.1) is 18.3 Å². The quantitative estimate of drug-likeness (QED) is 0.532. The summed E-state index contributed by atoms with van der Waals surface area (Å²) >= 11 is 0. The highest BCUT2D eigenvalue weighted by Crippen LogP contribution is 2.38. The van der Waals surface area contributed by atoms with Crippen LogP contribution in [0.15, 0.2) is 42.6 Å². The molecule has 0 saturated carbocycles. The Morgan fingerprint density at radius 3 is 2.80 bits per heavy atom. The Morgan fingerprint density at radius 1 is 1.20 bits per heavy atom. The normalized spacial score (nSPS) is 12.4. The van der Waals surface area contributed by atoms with Crippen LogP contribution in [0.2, 0.25) is 0 Å². The molecule has 0 radical (unpaired) electrons. The molecule has 2 aromatic heterocycles. The second-order valence-corrected chi connectivity index (χ2v) is 6.12. The number of hydrogen-bond acceptors (Lipinski definition) is 3. The lowest BCUT2D eigenvalue weighted by Gasteiger charge is -2.16. The maximum absolute atomic E-state index is 11.0. The van der Waals surface area contributed by atoms with Crippen molar-refractivity contribution in [2.45, 2.75) is 13.0 Å². The lowest BCUT2D eigenvalue weighted by atomic mass is 9.98. The number of aryl methyl sites for hydroxylation is 1. The SMILES string of the molecule is COc1cc(C)c2[nH]ccc2c1C(O)c1cc2ccc(C#N)cc2[nH]1. The molecule has 0 aliphatic heterocycles. The summed E-state index contributed by atoms with van der Waals surface area (Å²) in [7, 11) is 1.61. The predicted molar refractivity (Wildman–Crippen MR) is 96.7 cm³/mol. The molecule has 2 heterocycles. The number of fused-ring (bicyclic) bond motifs is 2. The smallest absolute Gasteiger partial charge is 0.126 e. The van der Waals surface area contributed by atoms with Crippen LogP contribution in [0.3, 0.4) is 0 Å². The van der Waals surface area contributed by atoms with Crippen molar-refractivity contribution >= 4 is 21.8 Å². The number of ether oxygens (including phenoxy) is 1.